The molecule has 1 atom stereocenters. The van der Waals surface area contributed by atoms with Crippen molar-refractivity contribution in [3.8, 4) is 0 Å². The van der Waals surface area contributed by atoms with E-state index < -0.39 is 5.91 Å². The van der Waals surface area contributed by atoms with Gasteiger partial charge in [-0.15, -0.1) is 0 Å². The zero-order valence-electron chi connectivity index (χ0n) is 12.7. The number of anilines is 1. The molecule has 0 fully saturated rings. The maximum Gasteiger partial charge on any atom is 0.279 e. The molecular weight excluding hydrogens is 282 g/mol. The first kappa shape index (κ1) is 15.8. The Kier molecular flexibility index (Phi) is 4.95. The molecule has 0 saturated heterocycles. The van der Waals surface area contributed by atoms with Crippen molar-refractivity contribution >= 4 is 17.5 Å². The predicted molar refractivity (Wildman–Crippen MR) is 82.5 cm³/mol. The lowest BCUT2D eigenvalue weighted by molar-refractivity contribution is -0.886. The number of hydrogen-bond donors (Lipinski definition) is 3. The van der Waals surface area contributed by atoms with Crippen LogP contribution in [0.2, 0.25) is 0 Å². The molecule has 0 saturated carbocycles. The Morgan fingerprint density at radius 3 is 2.41 bits per heavy atom. The SMILES string of the molecule is Cc1ccc(C[NH+](C)CC(=O)Nc2ccc(C(N)=O)cc2)o1. The van der Waals surface area contributed by atoms with E-state index >= 15 is 0 Å². The van der Waals surface area contributed by atoms with Gasteiger partial charge in [-0.1, -0.05) is 0 Å². The fourth-order valence-electron chi connectivity index (χ4n) is 2.14. The van der Waals surface area contributed by atoms with Crippen molar-refractivity contribution in [3.63, 3.8) is 0 Å². The lowest BCUT2D eigenvalue weighted by Gasteiger charge is -2.12. The number of hydrogen-bond acceptors (Lipinski definition) is 3. The van der Waals surface area contributed by atoms with E-state index in [0.29, 0.717) is 24.3 Å². The molecule has 0 aliphatic carbocycles. The number of primary amides is 1. The minimum atomic E-state index is -0.490. The molecule has 1 unspecified atom stereocenters. The van der Waals surface area contributed by atoms with Crippen LogP contribution < -0.4 is 16.0 Å². The number of nitrogens with two attached hydrogens (primary N) is 1. The number of benzene rings is 1. The summed E-state index contributed by atoms with van der Waals surface area (Å²) in [5.74, 6) is 1.12. The third-order valence-electron chi connectivity index (χ3n) is 3.19. The molecule has 1 aromatic carbocycles. The van der Waals surface area contributed by atoms with Crippen LogP contribution in [0, 0.1) is 6.92 Å². The average Bonchev–Trinajstić information content (AvgIpc) is 2.84. The van der Waals surface area contributed by atoms with Crippen molar-refractivity contribution in [3.05, 3.63) is 53.5 Å². The summed E-state index contributed by atoms with van der Waals surface area (Å²) < 4.78 is 5.49. The van der Waals surface area contributed by atoms with Crippen molar-refractivity contribution in [2.75, 3.05) is 18.9 Å². The van der Waals surface area contributed by atoms with Crippen LogP contribution in [-0.2, 0) is 11.3 Å². The van der Waals surface area contributed by atoms with Crippen LogP contribution in [0.15, 0.2) is 40.8 Å². The maximum absolute atomic E-state index is 12.0. The minimum Gasteiger partial charge on any atom is -0.460 e. The van der Waals surface area contributed by atoms with Crippen LogP contribution in [0.4, 0.5) is 5.69 Å². The van der Waals surface area contributed by atoms with Crippen molar-refractivity contribution < 1.29 is 18.9 Å². The van der Waals surface area contributed by atoms with Gasteiger partial charge in [0, 0.05) is 11.3 Å². The van der Waals surface area contributed by atoms with Gasteiger partial charge in [0.2, 0.25) is 5.91 Å². The molecule has 6 nitrogen and oxygen atoms in total. The summed E-state index contributed by atoms with van der Waals surface area (Å²) in [4.78, 5) is 24.0. The van der Waals surface area contributed by atoms with Gasteiger partial charge in [-0.05, 0) is 43.3 Å². The van der Waals surface area contributed by atoms with E-state index in [0.717, 1.165) is 16.4 Å². The van der Waals surface area contributed by atoms with Crippen molar-refractivity contribution in [1.29, 1.82) is 0 Å². The van der Waals surface area contributed by atoms with E-state index in [1.807, 2.05) is 26.1 Å². The lowest BCUT2D eigenvalue weighted by atomic mass is 10.2. The Hall–Kier alpha value is -2.60. The molecule has 116 valence electrons. The Morgan fingerprint density at radius 2 is 1.86 bits per heavy atom. The maximum atomic E-state index is 12.0. The predicted octanol–water partition coefficient (Wildman–Crippen LogP) is 0.340. The van der Waals surface area contributed by atoms with Gasteiger partial charge >= 0.3 is 0 Å². The topological polar surface area (TPSA) is 89.8 Å². The fraction of sp³-hybridized carbons (Fsp3) is 0.250. The summed E-state index contributed by atoms with van der Waals surface area (Å²) in [6, 6.07) is 10.3. The number of furan rings is 1. The Morgan fingerprint density at radius 1 is 1.18 bits per heavy atom. The monoisotopic (exact) mass is 302 g/mol. The first-order valence-electron chi connectivity index (χ1n) is 7.00. The van der Waals surface area contributed by atoms with Gasteiger partial charge in [0.1, 0.15) is 12.3 Å². The van der Waals surface area contributed by atoms with Gasteiger partial charge in [-0.25, -0.2) is 0 Å². The highest BCUT2D eigenvalue weighted by Gasteiger charge is 2.12. The molecule has 0 aliphatic heterocycles. The normalized spacial score (nSPS) is 11.9. The molecule has 0 spiro atoms. The summed E-state index contributed by atoms with van der Waals surface area (Å²) in [5.41, 5.74) is 6.21. The van der Waals surface area contributed by atoms with Gasteiger partial charge in [0.05, 0.1) is 7.05 Å². The Labute approximate surface area is 128 Å². The number of aryl methyl sites for hydroxylation is 1. The molecule has 1 heterocycles. The zero-order chi connectivity index (χ0) is 16.1. The molecule has 4 N–H and O–H groups in total. The largest absolute Gasteiger partial charge is 0.460 e. The number of quaternary nitrogens is 1. The Bertz CT molecular complexity index is 662. The first-order valence-corrected chi connectivity index (χ1v) is 7.00. The van der Waals surface area contributed by atoms with Crippen LogP contribution in [0.1, 0.15) is 21.9 Å². The third-order valence-corrected chi connectivity index (χ3v) is 3.19. The lowest BCUT2D eigenvalue weighted by Crippen LogP contribution is -3.08. The molecule has 2 amide bonds. The van der Waals surface area contributed by atoms with Crippen molar-refractivity contribution in [2.24, 2.45) is 5.73 Å². The average molecular weight is 302 g/mol. The first-order chi connectivity index (χ1) is 10.4. The third kappa shape index (κ3) is 4.46. The molecule has 2 rings (SSSR count). The van der Waals surface area contributed by atoms with Crippen LogP contribution in [0.5, 0.6) is 0 Å². The molecule has 1 aromatic heterocycles. The smallest absolute Gasteiger partial charge is 0.279 e. The molecule has 6 heteroatoms. The molecule has 22 heavy (non-hydrogen) atoms. The van der Waals surface area contributed by atoms with Gasteiger partial charge in [-0.2, -0.15) is 0 Å². The molecule has 0 aliphatic rings. The number of rotatable bonds is 6. The second-order valence-corrected chi connectivity index (χ2v) is 5.31. The second kappa shape index (κ2) is 6.91. The van der Waals surface area contributed by atoms with E-state index in [1.165, 1.54) is 0 Å². The van der Waals surface area contributed by atoms with Gasteiger partial charge in [0.15, 0.2) is 12.3 Å². The van der Waals surface area contributed by atoms with Crippen LogP contribution in [0.25, 0.3) is 0 Å². The standard InChI is InChI=1S/C16H19N3O3/c1-11-3-8-14(22-11)9-19(2)10-15(20)18-13-6-4-12(5-7-13)16(17)21/h3-8H,9-10H2,1-2H3,(H2,17,21)(H,18,20)/p+1. The van der Waals surface area contributed by atoms with Gasteiger partial charge in [0.25, 0.3) is 5.91 Å². The van der Waals surface area contributed by atoms with Gasteiger partial charge in [-0.3, -0.25) is 9.59 Å². The number of likely N-dealkylation sites (N-methyl/N-ethyl adjacent to an activating group) is 1. The summed E-state index contributed by atoms with van der Waals surface area (Å²) in [5, 5.41) is 2.79. The second-order valence-electron chi connectivity index (χ2n) is 5.31. The highest BCUT2D eigenvalue weighted by molar-refractivity contribution is 5.95. The van der Waals surface area contributed by atoms with Crippen molar-refractivity contribution in [2.45, 2.75) is 13.5 Å². The summed E-state index contributed by atoms with van der Waals surface area (Å²) in [7, 11) is 1.92. The number of carbonyl (C=O) groups excluding carboxylic acids is 2. The quantitative estimate of drug-likeness (QED) is 0.719. The molecule has 2 aromatic rings. The zero-order valence-corrected chi connectivity index (χ0v) is 12.7. The fourth-order valence-corrected chi connectivity index (χ4v) is 2.14. The van der Waals surface area contributed by atoms with E-state index in [2.05, 4.69) is 5.32 Å². The van der Waals surface area contributed by atoms with E-state index in [-0.39, 0.29) is 5.91 Å². The van der Waals surface area contributed by atoms with Crippen LogP contribution in [0.3, 0.4) is 0 Å². The highest BCUT2D eigenvalue weighted by atomic mass is 16.3. The van der Waals surface area contributed by atoms with Crippen LogP contribution in [-0.4, -0.2) is 25.4 Å². The van der Waals surface area contributed by atoms with E-state index in [1.54, 1.807) is 24.3 Å². The number of amides is 2. The highest BCUT2D eigenvalue weighted by Crippen LogP contribution is 2.08. The summed E-state index contributed by atoms with van der Waals surface area (Å²) in [6.45, 7) is 2.85. The molecule has 0 radical (unpaired) electrons. The van der Waals surface area contributed by atoms with Crippen molar-refractivity contribution in [1.82, 2.24) is 0 Å². The van der Waals surface area contributed by atoms with Crippen LogP contribution >= 0.6 is 0 Å². The Balaban J connectivity index is 1.85. The van der Waals surface area contributed by atoms with E-state index in [4.69, 9.17) is 10.2 Å². The number of nitrogens with one attached hydrogen (secondary N) is 2. The minimum absolute atomic E-state index is 0.104. The summed E-state index contributed by atoms with van der Waals surface area (Å²) in [6.07, 6.45) is 0. The van der Waals surface area contributed by atoms with E-state index in [9.17, 15) is 9.59 Å². The molecule has 0 bridgehead atoms. The number of carbonyl (C=O) groups is 2. The summed E-state index contributed by atoms with van der Waals surface area (Å²) >= 11 is 0. The molecular formula is C16H20N3O3+. The van der Waals surface area contributed by atoms with Gasteiger partial charge < -0.3 is 20.4 Å².